The maximum Gasteiger partial charge on any atom is 0.417 e. The summed E-state index contributed by atoms with van der Waals surface area (Å²) in [6.45, 7) is -0.198. The van der Waals surface area contributed by atoms with Crippen molar-refractivity contribution in [1.29, 1.82) is 0 Å². The molecule has 6 nitrogen and oxygen atoms in total. The molecule has 1 aliphatic rings. The number of carbonyl (C=O) groups excluding carboxylic acids is 2. The van der Waals surface area contributed by atoms with Crippen LogP contribution >= 0.6 is 23.2 Å². The summed E-state index contributed by atoms with van der Waals surface area (Å²) < 4.78 is 38.9. The zero-order valence-corrected chi connectivity index (χ0v) is 16.5. The Morgan fingerprint density at radius 2 is 2.00 bits per heavy atom. The molecule has 1 N–H and O–H groups in total. The first kappa shape index (κ1) is 21.2. The van der Waals surface area contributed by atoms with Crippen LogP contribution in [0.5, 0.6) is 0 Å². The predicted molar refractivity (Wildman–Crippen MR) is 102 cm³/mol. The van der Waals surface area contributed by atoms with E-state index in [-0.39, 0.29) is 23.8 Å². The van der Waals surface area contributed by atoms with Gasteiger partial charge in [-0.1, -0.05) is 35.3 Å². The Kier molecular flexibility index (Phi) is 5.90. The maximum absolute atomic E-state index is 13.0. The molecule has 154 valence electrons. The van der Waals surface area contributed by atoms with Crippen LogP contribution < -0.4 is 10.2 Å². The largest absolute Gasteiger partial charge is 0.417 e. The van der Waals surface area contributed by atoms with Gasteiger partial charge < -0.3 is 10.2 Å². The van der Waals surface area contributed by atoms with E-state index < -0.39 is 34.7 Å². The molecule has 0 aliphatic carbocycles. The normalized spacial score (nSPS) is 17.0. The quantitative estimate of drug-likeness (QED) is 0.722. The van der Waals surface area contributed by atoms with Crippen molar-refractivity contribution < 1.29 is 22.8 Å². The van der Waals surface area contributed by atoms with Gasteiger partial charge in [0, 0.05) is 19.8 Å². The highest BCUT2D eigenvalue weighted by molar-refractivity contribution is 6.32. The van der Waals surface area contributed by atoms with Gasteiger partial charge in [0.05, 0.1) is 22.8 Å². The van der Waals surface area contributed by atoms with Crippen LogP contribution in [0, 0.1) is 0 Å². The average molecular weight is 447 g/mol. The molecule has 3 amide bonds. The molecule has 2 aromatic rings. The summed E-state index contributed by atoms with van der Waals surface area (Å²) in [5.74, 6) is -0.531. The molecule has 1 saturated heterocycles. The number of benzene rings is 1. The van der Waals surface area contributed by atoms with Crippen molar-refractivity contribution in [2.24, 2.45) is 0 Å². The Balaban J connectivity index is 1.72. The summed E-state index contributed by atoms with van der Waals surface area (Å²) in [5, 5.41) is 2.18. The lowest BCUT2D eigenvalue weighted by Crippen LogP contribution is -2.43. The Morgan fingerprint density at radius 1 is 1.28 bits per heavy atom. The fraction of sp³-hybridized carbons (Fsp3) is 0.278. The van der Waals surface area contributed by atoms with Crippen LogP contribution in [0.25, 0.3) is 0 Å². The summed E-state index contributed by atoms with van der Waals surface area (Å²) >= 11 is 11.9. The number of pyridine rings is 1. The maximum atomic E-state index is 13.0. The summed E-state index contributed by atoms with van der Waals surface area (Å²) in [6, 6.07) is 5.38. The number of likely N-dealkylation sites (N-methyl/N-ethyl adjacent to an activating group) is 1. The van der Waals surface area contributed by atoms with Gasteiger partial charge in [0.2, 0.25) is 5.91 Å². The fourth-order valence-electron chi connectivity index (χ4n) is 2.97. The van der Waals surface area contributed by atoms with E-state index in [1.54, 1.807) is 12.1 Å². The second kappa shape index (κ2) is 8.08. The van der Waals surface area contributed by atoms with E-state index in [0.717, 1.165) is 6.07 Å². The number of hydrogen-bond acceptors (Lipinski definition) is 3. The Hall–Kier alpha value is -2.52. The zero-order chi connectivity index (χ0) is 21.3. The highest BCUT2D eigenvalue weighted by atomic mass is 35.5. The van der Waals surface area contributed by atoms with Crippen molar-refractivity contribution in [3.63, 3.8) is 0 Å². The number of amides is 3. The number of halogens is 5. The van der Waals surface area contributed by atoms with Crippen molar-refractivity contribution >= 4 is 40.8 Å². The number of nitrogens with zero attached hydrogens (tertiary/aromatic N) is 3. The molecule has 0 radical (unpaired) electrons. The first-order valence-electron chi connectivity index (χ1n) is 8.38. The SMILES string of the molecule is CN1C(=O)N(c2cccnc2Cl)C[C@H]1C(=O)NCc1cccc(C(F)(F)F)c1Cl. The van der Waals surface area contributed by atoms with E-state index in [9.17, 15) is 22.8 Å². The lowest BCUT2D eigenvalue weighted by Gasteiger charge is -2.18. The topological polar surface area (TPSA) is 65.5 Å². The number of rotatable bonds is 4. The first-order chi connectivity index (χ1) is 13.6. The lowest BCUT2D eigenvalue weighted by atomic mass is 10.1. The van der Waals surface area contributed by atoms with Crippen LogP contribution in [-0.4, -0.2) is 41.5 Å². The summed E-state index contributed by atoms with van der Waals surface area (Å²) in [4.78, 5) is 31.5. The minimum Gasteiger partial charge on any atom is -0.350 e. The van der Waals surface area contributed by atoms with Crippen LogP contribution in [0.1, 0.15) is 11.1 Å². The van der Waals surface area contributed by atoms with Gasteiger partial charge in [0.1, 0.15) is 6.04 Å². The average Bonchev–Trinajstić information content (AvgIpc) is 2.95. The van der Waals surface area contributed by atoms with Gasteiger partial charge in [-0.25, -0.2) is 9.78 Å². The number of anilines is 1. The van der Waals surface area contributed by atoms with Crippen LogP contribution in [0.15, 0.2) is 36.5 Å². The van der Waals surface area contributed by atoms with E-state index in [1.807, 2.05) is 0 Å². The van der Waals surface area contributed by atoms with Crippen molar-refractivity contribution in [3.8, 4) is 0 Å². The molecule has 0 saturated carbocycles. The molecular weight excluding hydrogens is 432 g/mol. The number of aromatic nitrogens is 1. The van der Waals surface area contributed by atoms with E-state index in [4.69, 9.17) is 23.2 Å². The number of alkyl halides is 3. The fourth-order valence-corrected chi connectivity index (χ4v) is 3.49. The van der Waals surface area contributed by atoms with Crippen molar-refractivity contribution in [2.75, 3.05) is 18.5 Å². The Morgan fingerprint density at radius 3 is 2.66 bits per heavy atom. The van der Waals surface area contributed by atoms with Crippen molar-refractivity contribution in [1.82, 2.24) is 15.2 Å². The second-order valence-corrected chi connectivity index (χ2v) is 7.06. The molecule has 29 heavy (non-hydrogen) atoms. The van der Waals surface area contributed by atoms with Gasteiger partial charge in [-0.3, -0.25) is 9.69 Å². The third-order valence-corrected chi connectivity index (χ3v) is 5.26. The number of urea groups is 1. The third kappa shape index (κ3) is 4.25. The number of hydrogen-bond donors (Lipinski definition) is 1. The first-order valence-corrected chi connectivity index (χ1v) is 9.14. The van der Waals surface area contributed by atoms with Gasteiger partial charge in [-0.15, -0.1) is 0 Å². The molecule has 11 heteroatoms. The van der Waals surface area contributed by atoms with E-state index >= 15 is 0 Å². The molecule has 0 unspecified atom stereocenters. The summed E-state index contributed by atoms with van der Waals surface area (Å²) in [7, 11) is 1.45. The summed E-state index contributed by atoms with van der Waals surface area (Å²) in [5.41, 5.74) is -0.493. The Bertz CT molecular complexity index is 955. The van der Waals surface area contributed by atoms with E-state index in [0.29, 0.717) is 5.69 Å². The molecule has 1 atom stereocenters. The number of nitrogens with one attached hydrogen (secondary N) is 1. The van der Waals surface area contributed by atoms with Gasteiger partial charge in [0.25, 0.3) is 0 Å². The Labute approximate surface area is 174 Å². The van der Waals surface area contributed by atoms with Crippen LogP contribution in [0.4, 0.5) is 23.7 Å². The zero-order valence-electron chi connectivity index (χ0n) is 15.0. The van der Waals surface area contributed by atoms with Crippen LogP contribution in [-0.2, 0) is 17.5 Å². The monoisotopic (exact) mass is 446 g/mol. The van der Waals surface area contributed by atoms with Crippen molar-refractivity contribution in [3.05, 3.63) is 57.8 Å². The molecule has 1 aromatic carbocycles. The second-order valence-electron chi connectivity index (χ2n) is 6.33. The smallest absolute Gasteiger partial charge is 0.350 e. The molecule has 1 aromatic heterocycles. The molecule has 1 aliphatic heterocycles. The lowest BCUT2D eigenvalue weighted by molar-refractivity contribution is -0.137. The predicted octanol–water partition coefficient (Wildman–Crippen LogP) is 3.96. The van der Waals surface area contributed by atoms with Crippen LogP contribution in [0.3, 0.4) is 0 Å². The highest BCUT2D eigenvalue weighted by Gasteiger charge is 2.40. The molecule has 2 heterocycles. The molecule has 3 rings (SSSR count). The molecular formula is C18H15Cl2F3N4O2. The van der Waals surface area contributed by atoms with Gasteiger partial charge in [0.15, 0.2) is 5.15 Å². The highest BCUT2D eigenvalue weighted by Crippen LogP contribution is 2.36. The number of carbonyl (C=O) groups is 2. The van der Waals surface area contributed by atoms with E-state index in [1.165, 1.54) is 35.2 Å². The van der Waals surface area contributed by atoms with Gasteiger partial charge in [-0.2, -0.15) is 13.2 Å². The van der Waals surface area contributed by atoms with Crippen LogP contribution in [0.2, 0.25) is 10.2 Å². The van der Waals surface area contributed by atoms with Crippen molar-refractivity contribution in [2.45, 2.75) is 18.8 Å². The van der Waals surface area contributed by atoms with E-state index in [2.05, 4.69) is 10.3 Å². The standard InChI is InChI=1S/C18H15Cl2F3N4O2/c1-26-13(9-27(17(26)29)12-6-3-7-24-15(12)20)16(28)25-8-10-4-2-5-11(14(10)19)18(21,22)23/h2-7,13H,8-9H2,1H3,(H,25,28)/t13-/m0/s1. The van der Waals surface area contributed by atoms with Gasteiger partial charge >= 0.3 is 12.2 Å². The molecule has 0 bridgehead atoms. The minimum absolute atomic E-state index is 0.0168. The molecule has 1 fully saturated rings. The third-order valence-electron chi connectivity index (χ3n) is 4.53. The minimum atomic E-state index is -4.60. The summed E-state index contributed by atoms with van der Waals surface area (Å²) in [6.07, 6.45) is -3.13. The van der Waals surface area contributed by atoms with Gasteiger partial charge in [-0.05, 0) is 23.8 Å². The molecule has 0 spiro atoms.